The zero-order valence-electron chi connectivity index (χ0n) is 12.0. The van der Waals surface area contributed by atoms with E-state index in [1.54, 1.807) is 18.2 Å². The van der Waals surface area contributed by atoms with Crippen molar-refractivity contribution in [3.8, 4) is 5.75 Å². The monoisotopic (exact) mass is 317 g/mol. The van der Waals surface area contributed by atoms with Crippen LogP contribution in [0.15, 0.2) is 42.5 Å². The van der Waals surface area contributed by atoms with Crippen molar-refractivity contribution in [2.75, 3.05) is 7.11 Å². The summed E-state index contributed by atoms with van der Waals surface area (Å²) in [4.78, 5) is 12.4. The van der Waals surface area contributed by atoms with Crippen LogP contribution in [0, 0.1) is 0 Å². The first kappa shape index (κ1) is 14.9. The number of aliphatic hydroxyl groups is 1. The van der Waals surface area contributed by atoms with Gasteiger partial charge >= 0.3 is 0 Å². The summed E-state index contributed by atoms with van der Waals surface area (Å²) >= 11 is 5.96. The molecule has 0 bridgehead atoms. The number of carbonyl (C=O) groups excluding carboxylic acids is 1. The highest BCUT2D eigenvalue weighted by Gasteiger charge is 2.32. The molecule has 1 aliphatic carbocycles. The lowest BCUT2D eigenvalue weighted by atomic mass is 10.1. The van der Waals surface area contributed by atoms with Gasteiger partial charge in [0.25, 0.3) is 5.91 Å². The maximum absolute atomic E-state index is 12.4. The smallest absolute Gasteiger partial charge is 0.251 e. The van der Waals surface area contributed by atoms with Crippen molar-refractivity contribution in [3.05, 3.63) is 64.2 Å². The van der Waals surface area contributed by atoms with Crippen LogP contribution < -0.4 is 10.1 Å². The van der Waals surface area contributed by atoms with Gasteiger partial charge in [-0.3, -0.25) is 4.79 Å². The van der Waals surface area contributed by atoms with Gasteiger partial charge in [-0.1, -0.05) is 35.9 Å². The van der Waals surface area contributed by atoms with Crippen molar-refractivity contribution in [1.82, 2.24) is 5.32 Å². The van der Waals surface area contributed by atoms with Crippen LogP contribution in [0.25, 0.3) is 0 Å². The molecular weight excluding hydrogens is 302 g/mol. The molecule has 3 rings (SSSR count). The molecule has 4 nitrogen and oxygen atoms in total. The first-order valence-electron chi connectivity index (χ1n) is 7.00. The van der Waals surface area contributed by atoms with E-state index in [9.17, 15) is 9.90 Å². The average Bonchev–Trinajstić information content (AvgIpc) is 2.84. The Balaban J connectivity index is 1.83. The van der Waals surface area contributed by atoms with E-state index in [4.69, 9.17) is 16.3 Å². The predicted octanol–water partition coefficient (Wildman–Crippen LogP) is 2.74. The minimum atomic E-state index is -0.615. The highest BCUT2D eigenvalue weighted by molar-refractivity contribution is 6.32. The molecule has 2 atom stereocenters. The highest BCUT2D eigenvalue weighted by Crippen LogP contribution is 2.32. The predicted molar refractivity (Wildman–Crippen MR) is 84.4 cm³/mol. The van der Waals surface area contributed by atoms with Gasteiger partial charge in [0, 0.05) is 12.0 Å². The number of hydrogen-bond acceptors (Lipinski definition) is 3. The topological polar surface area (TPSA) is 58.6 Å². The number of ether oxygens (including phenoxy) is 1. The van der Waals surface area contributed by atoms with E-state index < -0.39 is 12.1 Å². The van der Waals surface area contributed by atoms with Crippen LogP contribution in [-0.2, 0) is 6.42 Å². The second kappa shape index (κ2) is 5.99. The summed E-state index contributed by atoms with van der Waals surface area (Å²) in [6.45, 7) is 0. The van der Waals surface area contributed by atoms with Crippen LogP contribution in [0.3, 0.4) is 0 Å². The normalized spacial score (nSPS) is 19.6. The van der Waals surface area contributed by atoms with Crippen molar-refractivity contribution >= 4 is 17.5 Å². The lowest BCUT2D eigenvalue weighted by Gasteiger charge is -2.18. The Hall–Kier alpha value is -2.04. The van der Waals surface area contributed by atoms with Crippen LogP contribution in [0.2, 0.25) is 5.02 Å². The van der Waals surface area contributed by atoms with Crippen molar-refractivity contribution in [3.63, 3.8) is 0 Å². The van der Waals surface area contributed by atoms with Crippen LogP contribution in [0.1, 0.15) is 27.5 Å². The highest BCUT2D eigenvalue weighted by atomic mass is 35.5. The third-order valence-corrected chi connectivity index (χ3v) is 4.22. The van der Waals surface area contributed by atoms with Crippen LogP contribution in [-0.4, -0.2) is 24.2 Å². The number of amides is 1. The molecule has 2 N–H and O–H groups in total. The van der Waals surface area contributed by atoms with Crippen molar-refractivity contribution < 1.29 is 14.6 Å². The number of halogens is 1. The minimum Gasteiger partial charge on any atom is -0.495 e. The maximum Gasteiger partial charge on any atom is 0.251 e. The quantitative estimate of drug-likeness (QED) is 0.915. The lowest BCUT2D eigenvalue weighted by Crippen LogP contribution is -2.33. The number of fused-ring (bicyclic) bond motifs is 1. The van der Waals surface area contributed by atoms with Crippen LogP contribution >= 0.6 is 11.6 Å². The van der Waals surface area contributed by atoms with Gasteiger partial charge in [0.15, 0.2) is 0 Å². The average molecular weight is 318 g/mol. The van der Waals surface area contributed by atoms with Gasteiger partial charge in [-0.15, -0.1) is 0 Å². The summed E-state index contributed by atoms with van der Waals surface area (Å²) in [6, 6.07) is 12.2. The van der Waals surface area contributed by atoms with Crippen LogP contribution in [0.4, 0.5) is 0 Å². The van der Waals surface area contributed by atoms with Crippen molar-refractivity contribution in [1.29, 1.82) is 0 Å². The number of methoxy groups -OCH3 is 1. The van der Waals surface area contributed by atoms with E-state index in [1.165, 1.54) is 7.11 Å². The van der Waals surface area contributed by atoms with Crippen LogP contribution in [0.5, 0.6) is 5.75 Å². The second-order valence-corrected chi connectivity index (χ2v) is 5.68. The first-order valence-corrected chi connectivity index (χ1v) is 7.38. The molecule has 0 saturated heterocycles. The molecule has 2 aromatic rings. The lowest BCUT2D eigenvalue weighted by molar-refractivity contribution is 0.0858. The molecule has 5 heteroatoms. The van der Waals surface area contributed by atoms with Crippen molar-refractivity contribution in [2.45, 2.75) is 18.6 Å². The van der Waals surface area contributed by atoms with Gasteiger partial charge in [0.05, 0.1) is 24.3 Å². The molecular formula is C17H16ClNO3. The van der Waals surface area contributed by atoms with E-state index in [0.29, 0.717) is 22.8 Å². The fourth-order valence-electron chi connectivity index (χ4n) is 2.77. The van der Waals surface area contributed by atoms with Crippen molar-refractivity contribution in [2.24, 2.45) is 0 Å². The van der Waals surface area contributed by atoms with Gasteiger partial charge in [0.2, 0.25) is 0 Å². The molecule has 0 spiro atoms. The molecule has 22 heavy (non-hydrogen) atoms. The fourth-order valence-corrected chi connectivity index (χ4v) is 2.97. The summed E-state index contributed by atoms with van der Waals surface area (Å²) in [5, 5.41) is 13.5. The Kier molecular flexibility index (Phi) is 4.05. The Bertz CT molecular complexity index is 717. The van der Waals surface area contributed by atoms with Gasteiger partial charge in [-0.25, -0.2) is 0 Å². The summed E-state index contributed by atoms with van der Waals surface area (Å²) in [6.07, 6.45) is -0.0685. The summed E-state index contributed by atoms with van der Waals surface area (Å²) < 4.78 is 5.12. The summed E-state index contributed by atoms with van der Waals surface area (Å²) in [5.74, 6) is 0.178. The van der Waals surface area contributed by atoms with E-state index in [2.05, 4.69) is 5.32 Å². The van der Waals surface area contributed by atoms with E-state index in [1.807, 2.05) is 24.3 Å². The van der Waals surface area contributed by atoms with E-state index in [0.717, 1.165) is 11.1 Å². The molecule has 0 aliphatic heterocycles. The molecule has 0 aromatic heterocycles. The van der Waals surface area contributed by atoms with Gasteiger partial charge < -0.3 is 15.2 Å². The summed E-state index contributed by atoms with van der Waals surface area (Å²) in [5.41, 5.74) is 2.47. The maximum atomic E-state index is 12.4. The molecule has 0 fully saturated rings. The zero-order valence-corrected chi connectivity index (χ0v) is 12.8. The molecule has 1 amide bonds. The molecule has 2 unspecified atom stereocenters. The summed E-state index contributed by atoms with van der Waals surface area (Å²) in [7, 11) is 1.50. The third-order valence-electron chi connectivity index (χ3n) is 3.90. The molecule has 0 saturated carbocycles. The van der Waals surface area contributed by atoms with Gasteiger partial charge in [-0.05, 0) is 29.3 Å². The number of carbonyl (C=O) groups is 1. The Morgan fingerprint density at radius 3 is 2.86 bits per heavy atom. The second-order valence-electron chi connectivity index (χ2n) is 5.27. The Morgan fingerprint density at radius 1 is 1.32 bits per heavy atom. The standard InChI is InChI=1S/C17H16ClNO3/c1-22-15-9-11(6-7-13(15)18)17(21)19-16-12-5-3-2-4-10(12)8-14(16)20/h2-7,9,14,16,20H,8H2,1H3,(H,19,21). The first-order chi connectivity index (χ1) is 10.6. The Labute approximate surface area is 133 Å². The minimum absolute atomic E-state index is 0.268. The largest absolute Gasteiger partial charge is 0.495 e. The molecule has 0 heterocycles. The van der Waals surface area contributed by atoms with Gasteiger partial charge in [0.1, 0.15) is 5.75 Å². The molecule has 114 valence electrons. The molecule has 2 aromatic carbocycles. The third kappa shape index (κ3) is 2.67. The fraction of sp³-hybridized carbons (Fsp3) is 0.235. The Morgan fingerprint density at radius 2 is 2.09 bits per heavy atom. The number of nitrogens with one attached hydrogen (secondary N) is 1. The SMILES string of the molecule is COc1cc(C(=O)NC2c3ccccc3CC2O)ccc1Cl. The van der Waals surface area contributed by atoms with Gasteiger partial charge in [-0.2, -0.15) is 0 Å². The number of rotatable bonds is 3. The molecule has 1 aliphatic rings. The molecule has 0 radical (unpaired) electrons. The van der Waals surface area contributed by atoms with E-state index >= 15 is 0 Å². The number of benzene rings is 2. The number of aliphatic hydroxyl groups excluding tert-OH is 1. The zero-order chi connectivity index (χ0) is 15.7. The number of hydrogen-bond donors (Lipinski definition) is 2. The van der Waals surface area contributed by atoms with E-state index in [-0.39, 0.29) is 5.91 Å².